The van der Waals surface area contributed by atoms with E-state index in [1.54, 1.807) is 4.52 Å². The van der Waals surface area contributed by atoms with Crippen molar-refractivity contribution in [3.05, 3.63) is 42.4 Å². The fraction of sp³-hybridized carbons (Fsp3) is 0.250. The summed E-state index contributed by atoms with van der Waals surface area (Å²) in [5.41, 5.74) is 13.4. The topological polar surface area (TPSA) is 112 Å². The fourth-order valence-corrected chi connectivity index (χ4v) is 1.94. The van der Waals surface area contributed by atoms with Crippen LogP contribution in [0.5, 0.6) is 0 Å². The number of primary amides is 1. The molecular formula is C16H24N6O. The first-order valence-electron chi connectivity index (χ1n) is 7.28. The molecule has 0 aliphatic heterocycles. The minimum atomic E-state index is -0.333. The van der Waals surface area contributed by atoms with E-state index in [1.165, 1.54) is 13.3 Å². The second kappa shape index (κ2) is 8.47. The first-order chi connectivity index (χ1) is 11.0. The second-order valence-corrected chi connectivity index (χ2v) is 4.41. The number of amides is 1. The Morgan fingerprint density at radius 1 is 1.22 bits per heavy atom. The van der Waals surface area contributed by atoms with Crippen LogP contribution in [0.2, 0.25) is 0 Å². The Hall–Kier alpha value is -2.96. The molecular weight excluding hydrogens is 292 g/mol. The summed E-state index contributed by atoms with van der Waals surface area (Å²) < 4.78 is 1.55. The molecule has 4 N–H and O–H groups in total. The van der Waals surface area contributed by atoms with E-state index >= 15 is 0 Å². The van der Waals surface area contributed by atoms with Crippen LogP contribution < -0.4 is 11.5 Å². The van der Waals surface area contributed by atoms with Gasteiger partial charge in [-0.2, -0.15) is 14.6 Å². The van der Waals surface area contributed by atoms with Crippen molar-refractivity contribution < 1.29 is 6.22 Å². The molecule has 1 aromatic carbocycles. The van der Waals surface area contributed by atoms with E-state index in [-0.39, 0.29) is 7.33 Å². The zero-order valence-electron chi connectivity index (χ0n) is 13.8. The van der Waals surface area contributed by atoms with Gasteiger partial charge in [-0.05, 0) is 12.5 Å². The van der Waals surface area contributed by atoms with Crippen LogP contribution in [0, 0.1) is 6.92 Å². The number of benzene rings is 1. The number of hydrogen-bond acceptors (Lipinski definition) is 5. The van der Waals surface area contributed by atoms with Gasteiger partial charge in [0.05, 0.1) is 5.69 Å². The van der Waals surface area contributed by atoms with E-state index < -0.39 is 0 Å². The number of nitrogens with two attached hydrogens (primary N) is 2. The van der Waals surface area contributed by atoms with Crippen molar-refractivity contribution in [3.63, 3.8) is 0 Å². The van der Waals surface area contributed by atoms with Crippen LogP contribution in [0.4, 0.5) is 5.82 Å². The Morgan fingerprint density at radius 3 is 2.35 bits per heavy atom. The molecule has 0 spiro atoms. The molecule has 3 aromatic rings. The number of carbonyl (C=O) groups excluding carboxylic acids is 1. The standard InChI is InChI=1S/C12H11N5.C2H5NO.C2H6.H2/c1-8-10(9-5-3-2-4-6-9)11(13)17-12(16-8)14-7-15-17;1-2(3)4;1-2;/h2-7H,13H2,1H3;1H3,(H2,3,4);1-2H3;1H/i;;;1+1. The van der Waals surface area contributed by atoms with Gasteiger partial charge in [-0.1, -0.05) is 44.2 Å². The molecule has 0 saturated heterocycles. The zero-order chi connectivity index (χ0) is 17.4. The lowest BCUT2D eigenvalue weighted by molar-refractivity contribution is -0.115. The van der Waals surface area contributed by atoms with E-state index in [4.69, 9.17) is 5.73 Å². The number of nitrogens with zero attached hydrogens (tertiary/aromatic N) is 4. The van der Waals surface area contributed by atoms with Crippen LogP contribution in [-0.4, -0.2) is 25.5 Å². The number of carbonyl (C=O) groups is 1. The third-order valence-corrected chi connectivity index (χ3v) is 2.71. The van der Waals surface area contributed by atoms with Gasteiger partial charge in [0.1, 0.15) is 12.1 Å². The van der Waals surface area contributed by atoms with Crippen LogP contribution in [0.1, 0.15) is 27.9 Å². The lowest BCUT2D eigenvalue weighted by Crippen LogP contribution is -2.05. The molecule has 7 heteroatoms. The maximum Gasteiger partial charge on any atom is 0.254 e. The summed E-state index contributed by atoms with van der Waals surface area (Å²) in [6, 6.07) is 9.92. The number of rotatable bonds is 1. The third-order valence-electron chi connectivity index (χ3n) is 2.71. The Labute approximate surface area is 136 Å². The Bertz CT molecular complexity index is 769. The second-order valence-electron chi connectivity index (χ2n) is 4.41. The molecule has 124 valence electrons. The van der Waals surface area contributed by atoms with Gasteiger partial charge < -0.3 is 11.5 Å². The molecule has 2 heterocycles. The smallest absolute Gasteiger partial charge is 0.254 e. The molecule has 0 radical (unpaired) electrons. The monoisotopic (exact) mass is 317 g/mol. The maximum absolute atomic E-state index is 9.22. The van der Waals surface area contributed by atoms with Crippen molar-refractivity contribution in [2.45, 2.75) is 27.7 Å². The number of aryl methyl sites for hydroxylation is 1. The van der Waals surface area contributed by atoms with Gasteiger partial charge >= 0.3 is 0 Å². The van der Waals surface area contributed by atoms with Crippen LogP contribution in [0.25, 0.3) is 16.9 Å². The van der Waals surface area contributed by atoms with Gasteiger partial charge in [0, 0.05) is 13.9 Å². The average molecular weight is 317 g/mol. The molecule has 0 aliphatic rings. The van der Waals surface area contributed by atoms with Gasteiger partial charge in [-0.25, -0.2) is 4.98 Å². The lowest BCUT2D eigenvalue weighted by atomic mass is 10.1. The summed E-state index contributed by atoms with van der Waals surface area (Å²) in [5.74, 6) is 0.760. The molecule has 3 rings (SSSR count). The number of fused-ring (bicyclic) bond motifs is 1. The van der Waals surface area contributed by atoms with Gasteiger partial charge in [0.15, 0.2) is 0 Å². The molecule has 0 saturated carbocycles. The van der Waals surface area contributed by atoms with Crippen LogP contribution in [-0.2, 0) is 4.79 Å². The number of anilines is 1. The highest BCUT2D eigenvalue weighted by molar-refractivity contribution is 5.77. The normalized spacial score (nSPS) is 9.39. The van der Waals surface area contributed by atoms with E-state index in [9.17, 15) is 4.79 Å². The predicted octanol–water partition coefficient (Wildman–Crippen LogP) is 2.45. The summed E-state index contributed by atoms with van der Waals surface area (Å²) in [4.78, 5) is 17.6. The summed E-state index contributed by atoms with van der Waals surface area (Å²) in [6.45, 7) is 7.23. The van der Waals surface area contributed by atoms with Gasteiger partial charge in [-0.15, -0.1) is 0 Å². The van der Waals surface area contributed by atoms with Crippen molar-refractivity contribution in [1.29, 1.82) is 0 Å². The van der Waals surface area contributed by atoms with E-state index in [2.05, 4.69) is 20.8 Å². The van der Waals surface area contributed by atoms with E-state index in [0.29, 0.717) is 11.6 Å². The number of nitrogen functional groups attached to an aromatic ring is 1. The SMILES string of the molecule is CC.CC(N)=O.Cc1nc2ncnn2c(N)c1-c1ccccc1.[2HH]. The highest BCUT2D eigenvalue weighted by Gasteiger charge is 2.12. The summed E-state index contributed by atoms with van der Waals surface area (Å²) >= 11 is 0. The summed E-state index contributed by atoms with van der Waals surface area (Å²) in [5, 5.41) is 4.06. The fourth-order valence-electron chi connectivity index (χ4n) is 1.94. The van der Waals surface area contributed by atoms with Crippen molar-refractivity contribution in [2.24, 2.45) is 5.73 Å². The molecule has 0 bridgehead atoms. The van der Waals surface area contributed by atoms with Crippen LogP contribution >= 0.6 is 0 Å². The minimum Gasteiger partial charge on any atom is -0.383 e. The molecule has 23 heavy (non-hydrogen) atoms. The quantitative estimate of drug-likeness (QED) is 0.716. The Balaban J connectivity index is 0.000000669. The Morgan fingerprint density at radius 2 is 1.78 bits per heavy atom. The van der Waals surface area contributed by atoms with E-state index in [0.717, 1.165) is 16.8 Å². The summed E-state index contributed by atoms with van der Waals surface area (Å²) in [6.07, 6.45) is 1.45. The van der Waals surface area contributed by atoms with Crippen molar-refractivity contribution in [1.82, 2.24) is 19.6 Å². The molecule has 0 aliphatic carbocycles. The molecule has 1 amide bonds. The minimum absolute atomic E-state index is 0. The molecule has 0 atom stereocenters. The van der Waals surface area contributed by atoms with Gasteiger partial charge in [0.25, 0.3) is 5.78 Å². The average Bonchev–Trinajstić information content (AvgIpc) is 2.98. The lowest BCUT2D eigenvalue weighted by Gasteiger charge is -2.09. The zero-order valence-corrected chi connectivity index (χ0v) is 13.8. The molecule has 0 unspecified atom stereocenters. The molecule has 0 fully saturated rings. The van der Waals surface area contributed by atoms with Crippen LogP contribution in [0.3, 0.4) is 0 Å². The van der Waals surface area contributed by atoms with Crippen molar-refractivity contribution >= 4 is 17.5 Å². The third kappa shape index (κ3) is 4.50. The largest absolute Gasteiger partial charge is 0.383 e. The number of aromatic nitrogens is 4. The highest BCUT2D eigenvalue weighted by Crippen LogP contribution is 2.27. The molecule has 7 nitrogen and oxygen atoms in total. The van der Waals surface area contributed by atoms with Crippen molar-refractivity contribution in [2.75, 3.05) is 5.73 Å². The maximum atomic E-state index is 9.22. The number of hydrogen-bond donors (Lipinski definition) is 2. The summed E-state index contributed by atoms with van der Waals surface area (Å²) in [7, 11) is 0. The van der Waals surface area contributed by atoms with Crippen LogP contribution in [0.15, 0.2) is 36.7 Å². The van der Waals surface area contributed by atoms with E-state index in [1.807, 2.05) is 51.1 Å². The predicted molar refractivity (Wildman–Crippen MR) is 93.7 cm³/mol. The highest BCUT2D eigenvalue weighted by atomic mass is 16.1. The first-order valence-corrected chi connectivity index (χ1v) is 7.28. The first kappa shape index (κ1) is 18.1. The van der Waals surface area contributed by atoms with Gasteiger partial charge in [0.2, 0.25) is 5.91 Å². The van der Waals surface area contributed by atoms with Crippen molar-refractivity contribution in [3.8, 4) is 11.1 Å². The Kier molecular flexibility index (Phi) is 6.67. The van der Waals surface area contributed by atoms with Gasteiger partial charge in [-0.3, -0.25) is 4.79 Å². The molecule has 2 aromatic heterocycles.